The Kier molecular flexibility index (Phi) is 2.14. The van der Waals surface area contributed by atoms with Crippen LogP contribution < -0.4 is 0 Å². The Hall–Kier alpha value is -0.430. The van der Waals surface area contributed by atoms with E-state index in [1.807, 2.05) is 11.8 Å². The minimum absolute atomic E-state index is 0.680. The van der Waals surface area contributed by atoms with Gasteiger partial charge in [-0.05, 0) is 34.3 Å². The quantitative estimate of drug-likeness (QED) is 0.589. The lowest BCUT2D eigenvalue weighted by molar-refractivity contribution is 0.737. The topological polar surface area (TPSA) is 0 Å². The molecule has 1 atom stereocenters. The fourth-order valence-electron chi connectivity index (χ4n) is 1.62. The van der Waals surface area contributed by atoms with Crippen molar-refractivity contribution in [3.8, 4) is 0 Å². The molecule has 1 heterocycles. The van der Waals surface area contributed by atoms with Gasteiger partial charge in [0.15, 0.2) is 0 Å². The van der Waals surface area contributed by atoms with Crippen LogP contribution in [0.2, 0.25) is 0 Å². The lowest BCUT2D eigenvalue weighted by atomic mass is 9.91. The van der Waals surface area contributed by atoms with E-state index in [9.17, 15) is 0 Å². The summed E-state index contributed by atoms with van der Waals surface area (Å²) in [6.45, 7) is 4.52. The average molecular weight is 178 g/mol. The normalized spacial score (nSPS) is 27.1. The first-order chi connectivity index (χ1) is 5.77. The summed E-state index contributed by atoms with van der Waals surface area (Å²) in [4.78, 5) is 1.54. The van der Waals surface area contributed by atoms with Gasteiger partial charge in [-0.25, -0.2) is 0 Å². The van der Waals surface area contributed by atoms with Gasteiger partial charge in [0.05, 0.1) is 0 Å². The molecule has 1 aliphatic carbocycles. The maximum Gasteiger partial charge on any atom is 0.0124 e. The Labute approximate surface area is 78.4 Å². The van der Waals surface area contributed by atoms with Crippen molar-refractivity contribution in [2.45, 2.75) is 20.3 Å². The molecule has 0 aromatic rings. The molecule has 0 nitrogen and oxygen atoms in total. The van der Waals surface area contributed by atoms with Crippen LogP contribution in [0, 0.1) is 11.8 Å². The van der Waals surface area contributed by atoms with Crippen LogP contribution in [0.15, 0.2) is 34.1 Å². The SMILES string of the molecule is CC(C)C1=CCC2C=CSC2=C1. The van der Waals surface area contributed by atoms with Gasteiger partial charge in [0.1, 0.15) is 0 Å². The Morgan fingerprint density at radius 1 is 1.50 bits per heavy atom. The summed E-state index contributed by atoms with van der Waals surface area (Å²) in [5.74, 6) is 1.39. The largest absolute Gasteiger partial charge is 0.102 e. The lowest BCUT2D eigenvalue weighted by Gasteiger charge is -2.17. The van der Waals surface area contributed by atoms with E-state index in [-0.39, 0.29) is 0 Å². The third-order valence-electron chi connectivity index (χ3n) is 2.46. The molecule has 2 aliphatic rings. The highest BCUT2D eigenvalue weighted by Crippen LogP contribution is 2.40. The van der Waals surface area contributed by atoms with Crippen LogP contribution in [0.5, 0.6) is 0 Å². The van der Waals surface area contributed by atoms with Gasteiger partial charge in [-0.3, -0.25) is 0 Å². The molecule has 0 saturated heterocycles. The summed E-state index contributed by atoms with van der Waals surface area (Å²) in [5, 5.41) is 2.22. The van der Waals surface area contributed by atoms with E-state index in [1.54, 1.807) is 4.91 Å². The van der Waals surface area contributed by atoms with Crippen LogP contribution in [0.4, 0.5) is 0 Å². The Morgan fingerprint density at radius 2 is 2.33 bits per heavy atom. The van der Waals surface area contributed by atoms with Crippen LogP contribution in [0.25, 0.3) is 0 Å². The summed E-state index contributed by atoms with van der Waals surface area (Å²) >= 11 is 1.89. The van der Waals surface area contributed by atoms with E-state index in [2.05, 4.69) is 37.5 Å². The second-order valence-corrected chi connectivity index (χ2v) is 4.67. The van der Waals surface area contributed by atoms with Crippen molar-refractivity contribution in [2.24, 2.45) is 11.8 Å². The smallest absolute Gasteiger partial charge is 0.0124 e. The summed E-state index contributed by atoms with van der Waals surface area (Å²) in [6.07, 6.45) is 8.27. The van der Waals surface area contributed by atoms with Crippen molar-refractivity contribution in [1.82, 2.24) is 0 Å². The van der Waals surface area contributed by atoms with Gasteiger partial charge in [0, 0.05) is 5.92 Å². The summed E-state index contributed by atoms with van der Waals surface area (Å²) in [5.41, 5.74) is 1.51. The first kappa shape index (κ1) is 8.18. The van der Waals surface area contributed by atoms with Crippen LogP contribution in [-0.2, 0) is 0 Å². The van der Waals surface area contributed by atoms with Crippen molar-refractivity contribution < 1.29 is 0 Å². The first-order valence-corrected chi connectivity index (χ1v) is 5.40. The first-order valence-electron chi connectivity index (χ1n) is 4.52. The predicted octanol–water partition coefficient (Wildman–Crippen LogP) is 3.73. The van der Waals surface area contributed by atoms with Crippen LogP contribution in [-0.4, -0.2) is 0 Å². The van der Waals surface area contributed by atoms with E-state index in [4.69, 9.17) is 0 Å². The van der Waals surface area contributed by atoms with Crippen LogP contribution in [0.3, 0.4) is 0 Å². The number of hydrogen-bond donors (Lipinski definition) is 0. The minimum Gasteiger partial charge on any atom is -0.102 e. The molecule has 0 amide bonds. The monoisotopic (exact) mass is 178 g/mol. The number of thioether (sulfide) groups is 1. The van der Waals surface area contributed by atoms with Gasteiger partial charge in [0.2, 0.25) is 0 Å². The molecule has 0 aromatic carbocycles. The fourth-order valence-corrected chi connectivity index (χ4v) is 2.60. The average Bonchev–Trinajstić information content (AvgIpc) is 2.49. The van der Waals surface area contributed by atoms with E-state index in [0.717, 1.165) is 0 Å². The van der Waals surface area contributed by atoms with E-state index in [0.29, 0.717) is 11.8 Å². The molecule has 0 saturated carbocycles. The number of allylic oxidation sites excluding steroid dienone is 5. The zero-order valence-corrected chi connectivity index (χ0v) is 8.40. The molecule has 64 valence electrons. The molecule has 1 aliphatic heterocycles. The zero-order valence-electron chi connectivity index (χ0n) is 7.58. The molecule has 0 radical (unpaired) electrons. The second-order valence-electron chi connectivity index (χ2n) is 3.69. The van der Waals surface area contributed by atoms with Gasteiger partial charge in [-0.1, -0.05) is 26.0 Å². The third kappa shape index (κ3) is 1.38. The number of fused-ring (bicyclic) bond motifs is 1. The number of rotatable bonds is 1. The Balaban J connectivity index is 2.20. The highest BCUT2D eigenvalue weighted by Gasteiger charge is 2.19. The summed E-state index contributed by atoms with van der Waals surface area (Å²) in [7, 11) is 0. The number of hydrogen-bond acceptors (Lipinski definition) is 1. The summed E-state index contributed by atoms with van der Waals surface area (Å²) < 4.78 is 0. The highest BCUT2D eigenvalue weighted by molar-refractivity contribution is 8.06. The molecule has 12 heavy (non-hydrogen) atoms. The van der Waals surface area contributed by atoms with Gasteiger partial charge in [-0.2, -0.15) is 0 Å². The van der Waals surface area contributed by atoms with E-state index >= 15 is 0 Å². The molecular weight excluding hydrogens is 164 g/mol. The zero-order chi connectivity index (χ0) is 8.55. The van der Waals surface area contributed by atoms with Gasteiger partial charge >= 0.3 is 0 Å². The van der Waals surface area contributed by atoms with Gasteiger partial charge in [0.25, 0.3) is 0 Å². The van der Waals surface area contributed by atoms with Crippen molar-refractivity contribution >= 4 is 11.8 Å². The molecule has 0 fully saturated rings. The van der Waals surface area contributed by atoms with E-state index in [1.165, 1.54) is 12.0 Å². The van der Waals surface area contributed by atoms with Crippen molar-refractivity contribution in [1.29, 1.82) is 0 Å². The lowest BCUT2D eigenvalue weighted by Crippen LogP contribution is -2.02. The van der Waals surface area contributed by atoms with Gasteiger partial charge < -0.3 is 0 Å². The fraction of sp³-hybridized carbons (Fsp3) is 0.455. The van der Waals surface area contributed by atoms with Crippen molar-refractivity contribution in [3.63, 3.8) is 0 Å². The van der Waals surface area contributed by atoms with Crippen LogP contribution in [0.1, 0.15) is 20.3 Å². The van der Waals surface area contributed by atoms with E-state index < -0.39 is 0 Å². The Bertz CT molecular complexity index is 269. The van der Waals surface area contributed by atoms with Crippen molar-refractivity contribution in [2.75, 3.05) is 0 Å². The molecule has 0 aromatic heterocycles. The molecule has 0 spiro atoms. The van der Waals surface area contributed by atoms with Gasteiger partial charge in [-0.15, -0.1) is 11.8 Å². The maximum atomic E-state index is 2.38. The molecule has 1 heteroatoms. The molecule has 0 bridgehead atoms. The molecule has 1 unspecified atom stereocenters. The Morgan fingerprint density at radius 3 is 3.08 bits per heavy atom. The second kappa shape index (κ2) is 3.14. The highest BCUT2D eigenvalue weighted by atomic mass is 32.2. The molecule has 2 rings (SSSR count). The molecule has 0 N–H and O–H groups in total. The summed E-state index contributed by atoms with van der Waals surface area (Å²) in [6, 6.07) is 0. The minimum atomic E-state index is 0.680. The maximum absolute atomic E-state index is 2.38. The standard InChI is InChI=1S/C11H14S/c1-8(2)10-4-3-9-5-6-12-11(9)7-10/h4-9H,3H2,1-2H3. The third-order valence-corrected chi connectivity index (χ3v) is 3.45. The predicted molar refractivity (Wildman–Crippen MR) is 55.8 cm³/mol. The van der Waals surface area contributed by atoms with Crippen molar-refractivity contribution in [3.05, 3.63) is 34.1 Å². The molecular formula is C11H14S. The van der Waals surface area contributed by atoms with Crippen LogP contribution >= 0.6 is 11.8 Å².